The van der Waals surface area contributed by atoms with Crippen LogP contribution in [0.1, 0.15) is 42.7 Å². The highest BCUT2D eigenvalue weighted by atomic mass is 32.2. The van der Waals surface area contributed by atoms with Gasteiger partial charge in [0.05, 0.1) is 6.07 Å². The van der Waals surface area contributed by atoms with Gasteiger partial charge in [-0.15, -0.1) is 0 Å². The minimum Gasteiger partial charge on any atom is -0.449 e. The maximum atomic E-state index is 12.6. The van der Waals surface area contributed by atoms with Crippen LogP contribution in [-0.2, 0) is 15.5 Å². The molecule has 0 radical (unpaired) electrons. The minimum absolute atomic E-state index is 0.00212. The van der Waals surface area contributed by atoms with Crippen LogP contribution >= 0.6 is 0 Å². The van der Waals surface area contributed by atoms with Gasteiger partial charge in [-0.25, -0.2) is 4.79 Å². The summed E-state index contributed by atoms with van der Waals surface area (Å²) >= 11 is 0. The molecule has 3 aliphatic rings. The van der Waals surface area contributed by atoms with Crippen LogP contribution in [0.15, 0.2) is 48.5 Å². The van der Waals surface area contributed by atoms with E-state index in [4.69, 9.17) is 4.74 Å². The molecule has 2 fully saturated rings. The first kappa shape index (κ1) is 18.4. The van der Waals surface area contributed by atoms with Crippen LogP contribution in [-0.4, -0.2) is 32.9 Å². The molecule has 148 valence electrons. The molecule has 0 saturated carbocycles. The molecular formula is C23H22N2O3S. The van der Waals surface area contributed by atoms with Crippen molar-refractivity contribution in [3.63, 3.8) is 0 Å². The molecule has 2 saturated heterocycles. The first-order chi connectivity index (χ1) is 14.1. The first-order valence-corrected chi connectivity index (χ1v) is 11.3. The molecule has 29 heavy (non-hydrogen) atoms. The largest absolute Gasteiger partial charge is 0.449 e. The Labute approximate surface area is 172 Å². The topological polar surface area (TPSA) is 79.2 Å². The van der Waals surface area contributed by atoms with Gasteiger partial charge in [0.1, 0.15) is 12.1 Å². The summed E-state index contributed by atoms with van der Waals surface area (Å²) < 4.78 is 17.9. The number of carbonyl (C=O) groups excluding carboxylic acids is 1. The van der Waals surface area contributed by atoms with Crippen molar-refractivity contribution in [2.24, 2.45) is 0 Å². The second kappa shape index (κ2) is 7.00. The molecule has 2 unspecified atom stereocenters. The molecule has 1 N–H and O–H groups in total. The van der Waals surface area contributed by atoms with Gasteiger partial charge in [0.25, 0.3) is 0 Å². The van der Waals surface area contributed by atoms with Crippen molar-refractivity contribution in [1.29, 1.82) is 5.26 Å². The molecule has 2 bridgehead atoms. The Kier molecular flexibility index (Phi) is 4.44. The molecule has 0 aromatic heterocycles. The molecule has 2 aliphatic heterocycles. The summed E-state index contributed by atoms with van der Waals surface area (Å²) in [4.78, 5) is 12.6. The Morgan fingerprint density at radius 2 is 1.62 bits per heavy atom. The average molecular weight is 407 g/mol. The predicted octanol–water partition coefficient (Wildman–Crippen LogP) is 3.86. The van der Waals surface area contributed by atoms with Crippen molar-refractivity contribution in [1.82, 2.24) is 5.32 Å². The highest BCUT2D eigenvalue weighted by Crippen LogP contribution is 2.45. The Morgan fingerprint density at radius 1 is 1.07 bits per heavy atom. The number of amides is 1. The predicted molar refractivity (Wildman–Crippen MR) is 111 cm³/mol. The highest BCUT2D eigenvalue weighted by Gasteiger charge is 2.50. The van der Waals surface area contributed by atoms with Crippen LogP contribution in [0.4, 0.5) is 4.79 Å². The van der Waals surface area contributed by atoms with Crippen LogP contribution in [0.5, 0.6) is 0 Å². The number of benzene rings is 2. The second-order valence-corrected chi connectivity index (χ2v) is 10.2. The van der Waals surface area contributed by atoms with Crippen LogP contribution in [0.2, 0.25) is 0 Å². The van der Waals surface area contributed by atoms with Crippen LogP contribution in [0, 0.1) is 11.3 Å². The molecular weight excluding hydrogens is 384 g/mol. The van der Waals surface area contributed by atoms with Gasteiger partial charge in [-0.05, 0) is 47.9 Å². The monoisotopic (exact) mass is 406 g/mol. The molecule has 6 heteroatoms. The number of nitrogens with one attached hydrogen (secondary N) is 1. The van der Waals surface area contributed by atoms with E-state index in [0.717, 1.165) is 24.0 Å². The number of carbonyl (C=O) groups is 1. The molecule has 5 rings (SSSR count). The summed E-state index contributed by atoms with van der Waals surface area (Å²) in [7, 11) is -0.880. The molecule has 2 atom stereocenters. The standard InChI is InChI=1S/C23H22N2O3S/c24-14-23(11-15-9-10-16(12-23)29(15)27)25-22(26)28-13-21-19-7-3-1-5-17(19)18-6-2-4-8-20(18)21/h1-8,15-16,21H,9-13H2,(H,25,26). The zero-order valence-corrected chi connectivity index (χ0v) is 16.8. The number of rotatable bonds is 3. The Hall–Kier alpha value is -2.65. The molecule has 5 nitrogen and oxygen atoms in total. The average Bonchev–Trinajstić information content (AvgIpc) is 3.16. The molecule has 1 amide bonds. The third-order valence-corrected chi connectivity index (χ3v) is 8.64. The van der Waals surface area contributed by atoms with Gasteiger partial charge in [-0.3, -0.25) is 4.21 Å². The number of hydrogen-bond acceptors (Lipinski definition) is 4. The molecule has 2 aromatic carbocycles. The van der Waals surface area contributed by atoms with Gasteiger partial charge in [0.2, 0.25) is 0 Å². The van der Waals surface area contributed by atoms with Crippen molar-refractivity contribution < 1.29 is 13.7 Å². The lowest BCUT2D eigenvalue weighted by Crippen LogP contribution is -2.54. The van der Waals surface area contributed by atoms with Gasteiger partial charge < -0.3 is 10.1 Å². The molecule has 2 heterocycles. The third-order valence-electron chi connectivity index (χ3n) is 6.52. The fourth-order valence-corrected chi connectivity index (χ4v) is 7.34. The van der Waals surface area contributed by atoms with E-state index in [-0.39, 0.29) is 23.0 Å². The second-order valence-electron chi connectivity index (χ2n) is 8.20. The van der Waals surface area contributed by atoms with Crippen LogP contribution in [0.25, 0.3) is 11.1 Å². The maximum Gasteiger partial charge on any atom is 0.408 e. The number of ether oxygens (including phenoxy) is 1. The summed E-state index contributed by atoms with van der Waals surface area (Å²) in [6, 6.07) is 18.7. The quantitative estimate of drug-likeness (QED) is 0.839. The van der Waals surface area contributed by atoms with Crippen molar-refractivity contribution in [3.05, 3.63) is 59.7 Å². The summed E-state index contributed by atoms with van der Waals surface area (Å²) in [6.07, 6.45) is 2.05. The zero-order valence-electron chi connectivity index (χ0n) is 16.0. The minimum atomic E-state index is -0.970. The highest BCUT2D eigenvalue weighted by molar-refractivity contribution is 7.86. The van der Waals surface area contributed by atoms with E-state index in [1.54, 1.807) is 0 Å². The summed E-state index contributed by atoms with van der Waals surface area (Å²) in [6.45, 7) is 0.222. The van der Waals surface area contributed by atoms with E-state index >= 15 is 0 Å². The van der Waals surface area contributed by atoms with Crippen molar-refractivity contribution >= 4 is 16.9 Å². The normalized spacial score (nSPS) is 29.6. The molecule has 2 aromatic rings. The lowest BCUT2D eigenvalue weighted by Gasteiger charge is -2.34. The van der Waals surface area contributed by atoms with Crippen molar-refractivity contribution in [2.45, 2.75) is 47.6 Å². The Balaban J connectivity index is 1.30. The number of hydrogen-bond donors (Lipinski definition) is 1. The number of nitrogens with zero attached hydrogens (tertiary/aromatic N) is 1. The van der Waals surface area contributed by atoms with E-state index < -0.39 is 22.4 Å². The first-order valence-electron chi connectivity index (χ1n) is 10.0. The lowest BCUT2D eigenvalue weighted by molar-refractivity contribution is 0.132. The zero-order chi connectivity index (χ0) is 20.0. The smallest absolute Gasteiger partial charge is 0.408 e. The van der Waals surface area contributed by atoms with Crippen molar-refractivity contribution in [3.8, 4) is 17.2 Å². The fourth-order valence-electron chi connectivity index (χ4n) is 5.16. The molecule has 0 spiro atoms. The van der Waals surface area contributed by atoms with E-state index in [9.17, 15) is 14.3 Å². The van der Waals surface area contributed by atoms with Crippen LogP contribution < -0.4 is 5.32 Å². The van der Waals surface area contributed by atoms with Crippen LogP contribution in [0.3, 0.4) is 0 Å². The molecule has 1 aliphatic carbocycles. The maximum absolute atomic E-state index is 12.6. The summed E-state index contributed by atoms with van der Waals surface area (Å²) in [5.74, 6) is -0.0128. The summed E-state index contributed by atoms with van der Waals surface area (Å²) in [5, 5.41) is 12.6. The Bertz CT molecular complexity index is 983. The van der Waals surface area contributed by atoms with Gasteiger partial charge in [0, 0.05) is 27.2 Å². The SMILES string of the molecule is N#CC1(NC(=O)OCC2c3ccccc3-c3ccccc32)CC2CCC(C1)S2=O. The third kappa shape index (κ3) is 3.05. The van der Waals surface area contributed by atoms with Gasteiger partial charge in [-0.2, -0.15) is 5.26 Å². The van der Waals surface area contributed by atoms with E-state index in [0.29, 0.717) is 12.8 Å². The number of nitriles is 1. The number of fused-ring (bicyclic) bond motifs is 5. The fraction of sp³-hybridized carbons (Fsp3) is 0.391. The van der Waals surface area contributed by atoms with E-state index in [1.807, 2.05) is 24.3 Å². The summed E-state index contributed by atoms with van der Waals surface area (Å²) in [5.41, 5.74) is 3.70. The van der Waals surface area contributed by atoms with Crippen molar-refractivity contribution in [2.75, 3.05) is 6.61 Å². The van der Waals surface area contributed by atoms with Gasteiger partial charge in [0.15, 0.2) is 0 Å². The number of alkyl carbamates (subject to hydrolysis) is 1. The Morgan fingerprint density at radius 3 is 2.17 bits per heavy atom. The van der Waals surface area contributed by atoms with E-state index in [1.165, 1.54) is 11.1 Å². The van der Waals surface area contributed by atoms with Gasteiger partial charge in [-0.1, -0.05) is 48.5 Å². The van der Waals surface area contributed by atoms with Gasteiger partial charge >= 0.3 is 6.09 Å². The van der Waals surface area contributed by atoms with E-state index in [2.05, 4.69) is 35.7 Å². The lowest BCUT2D eigenvalue weighted by atomic mass is 9.91.